The number of aryl methyl sites for hydroxylation is 1. The number of aromatic nitrogens is 1. The van der Waals surface area contributed by atoms with Gasteiger partial charge in [0.25, 0.3) is 0 Å². The summed E-state index contributed by atoms with van der Waals surface area (Å²) in [4.78, 5) is 26.3. The van der Waals surface area contributed by atoms with E-state index in [1.54, 1.807) is 0 Å². The Bertz CT molecular complexity index is 407. The highest BCUT2D eigenvalue weighted by Crippen LogP contribution is 2.09. The van der Waals surface area contributed by atoms with Crippen LogP contribution in [0.25, 0.3) is 0 Å². The Morgan fingerprint density at radius 3 is 2.83 bits per heavy atom. The molecular weight excluding hydrogens is 230 g/mol. The molecule has 0 radical (unpaired) electrons. The second-order valence-corrected chi connectivity index (χ2v) is 3.98. The largest absolute Gasteiger partial charge is 0.358 e. The van der Waals surface area contributed by atoms with Crippen LogP contribution >= 0.6 is 0 Å². The van der Waals surface area contributed by atoms with Gasteiger partial charge in [0.2, 0.25) is 12.3 Å². The Hall–Kier alpha value is -1.91. The third-order valence-electron chi connectivity index (χ3n) is 2.59. The summed E-state index contributed by atoms with van der Waals surface area (Å²) in [5.74, 6) is 0.337. The van der Waals surface area contributed by atoms with Crippen LogP contribution in [0.1, 0.15) is 32.4 Å². The first-order chi connectivity index (χ1) is 8.71. The van der Waals surface area contributed by atoms with Gasteiger partial charge >= 0.3 is 0 Å². The summed E-state index contributed by atoms with van der Waals surface area (Å²) in [7, 11) is 0. The number of nitrogens with zero attached hydrogens (tertiary/aromatic N) is 1. The fourth-order valence-corrected chi connectivity index (χ4v) is 1.65. The van der Waals surface area contributed by atoms with E-state index in [-0.39, 0.29) is 5.91 Å². The lowest BCUT2D eigenvalue weighted by atomic mass is 10.1. The zero-order valence-electron chi connectivity index (χ0n) is 10.8. The number of nitrogens with one attached hydrogen (secondary N) is 2. The van der Waals surface area contributed by atoms with Crippen molar-refractivity contribution in [3.8, 4) is 0 Å². The van der Waals surface area contributed by atoms with Crippen LogP contribution in [0.5, 0.6) is 0 Å². The van der Waals surface area contributed by atoms with Gasteiger partial charge in [-0.15, -0.1) is 0 Å². The molecule has 0 spiro atoms. The summed E-state index contributed by atoms with van der Waals surface area (Å²) in [6.45, 7) is 4.01. The first-order valence-corrected chi connectivity index (χ1v) is 6.17. The van der Waals surface area contributed by atoms with Crippen molar-refractivity contribution in [3.05, 3.63) is 23.9 Å². The summed E-state index contributed by atoms with van der Waals surface area (Å²) in [5, 5.41) is 5.23. The third kappa shape index (κ3) is 4.16. The summed E-state index contributed by atoms with van der Waals surface area (Å²) in [6.07, 6.45) is 2.74. The van der Waals surface area contributed by atoms with Crippen LogP contribution in [0.15, 0.2) is 18.2 Å². The smallest absolute Gasteiger partial charge is 0.248 e. The minimum absolute atomic E-state index is 0.324. The molecule has 5 heteroatoms. The Kier molecular flexibility index (Phi) is 5.84. The maximum absolute atomic E-state index is 11.7. The highest BCUT2D eigenvalue weighted by atomic mass is 16.2. The number of hydrogen-bond acceptors (Lipinski definition) is 4. The van der Waals surface area contributed by atoms with Gasteiger partial charge in [-0.1, -0.05) is 26.3 Å². The SMILES string of the molecule is CCCC(Nc1cccc(CC)n1)C(=O)NC=O. The molecule has 0 saturated heterocycles. The molecule has 5 nitrogen and oxygen atoms in total. The van der Waals surface area contributed by atoms with E-state index < -0.39 is 6.04 Å². The Balaban J connectivity index is 2.75. The zero-order chi connectivity index (χ0) is 13.4. The molecule has 0 bridgehead atoms. The monoisotopic (exact) mass is 249 g/mol. The van der Waals surface area contributed by atoms with Crippen LogP contribution in [-0.2, 0) is 16.0 Å². The van der Waals surface area contributed by atoms with Gasteiger partial charge < -0.3 is 5.32 Å². The molecule has 18 heavy (non-hydrogen) atoms. The number of carbonyl (C=O) groups is 2. The molecule has 2 amide bonds. The van der Waals surface area contributed by atoms with Gasteiger partial charge in [-0.2, -0.15) is 0 Å². The summed E-state index contributed by atoms with van der Waals surface area (Å²) in [5.41, 5.74) is 0.964. The maximum Gasteiger partial charge on any atom is 0.248 e. The van der Waals surface area contributed by atoms with Gasteiger partial charge in [0.15, 0.2) is 0 Å². The normalized spacial score (nSPS) is 11.7. The van der Waals surface area contributed by atoms with Crippen LogP contribution in [0, 0.1) is 0 Å². The van der Waals surface area contributed by atoms with Crippen molar-refractivity contribution in [1.29, 1.82) is 0 Å². The number of hydrogen-bond donors (Lipinski definition) is 2. The van der Waals surface area contributed by atoms with Crippen LogP contribution in [0.4, 0.5) is 5.82 Å². The Morgan fingerprint density at radius 1 is 1.44 bits per heavy atom. The average molecular weight is 249 g/mol. The third-order valence-corrected chi connectivity index (χ3v) is 2.59. The van der Waals surface area contributed by atoms with Gasteiger partial charge in [-0.3, -0.25) is 14.9 Å². The van der Waals surface area contributed by atoms with Crippen molar-refractivity contribution in [3.63, 3.8) is 0 Å². The molecule has 2 N–H and O–H groups in total. The van der Waals surface area contributed by atoms with Crippen LogP contribution in [0.2, 0.25) is 0 Å². The predicted octanol–water partition coefficient (Wildman–Crippen LogP) is 1.50. The molecule has 1 heterocycles. The van der Waals surface area contributed by atoms with E-state index in [1.807, 2.05) is 32.0 Å². The average Bonchev–Trinajstić information content (AvgIpc) is 2.39. The fraction of sp³-hybridized carbons (Fsp3) is 0.462. The predicted molar refractivity (Wildman–Crippen MR) is 70.1 cm³/mol. The molecule has 1 rings (SSSR count). The number of carbonyl (C=O) groups excluding carboxylic acids is 2. The number of amides is 2. The molecule has 0 fully saturated rings. The lowest BCUT2D eigenvalue weighted by Gasteiger charge is -2.16. The second-order valence-electron chi connectivity index (χ2n) is 3.98. The van der Waals surface area contributed by atoms with Crippen molar-refractivity contribution in [1.82, 2.24) is 10.3 Å². The topological polar surface area (TPSA) is 71.1 Å². The Labute approximate surface area is 107 Å². The number of pyridine rings is 1. The van der Waals surface area contributed by atoms with Gasteiger partial charge in [-0.25, -0.2) is 4.98 Å². The van der Waals surface area contributed by atoms with E-state index in [4.69, 9.17) is 0 Å². The molecule has 1 unspecified atom stereocenters. The lowest BCUT2D eigenvalue weighted by Crippen LogP contribution is -2.39. The number of anilines is 1. The Morgan fingerprint density at radius 2 is 2.22 bits per heavy atom. The van der Waals surface area contributed by atoms with Crippen molar-refractivity contribution >= 4 is 18.1 Å². The van der Waals surface area contributed by atoms with E-state index in [0.717, 1.165) is 18.5 Å². The van der Waals surface area contributed by atoms with Gasteiger partial charge in [0.1, 0.15) is 11.9 Å². The van der Waals surface area contributed by atoms with Crippen LogP contribution in [-0.4, -0.2) is 23.3 Å². The number of rotatable bonds is 7. The second kappa shape index (κ2) is 7.42. The van der Waals surface area contributed by atoms with Gasteiger partial charge in [-0.05, 0) is 25.0 Å². The maximum atomic E-state index is 11.7. The van der Waals surface area contributed by atoms with Crippen molar-refractivity contribution in [2.45, 2.75) is 39.2 Å². The first-order valence-electron chi connectivity index (χ1n) is 6.17. The minimum Gasteiger partial charge on any atom is -0.358 e. The van der Waals surface area contributed by atoms with Gasteiger partial charge in [0.05, 0.1) is 0 Å². The molecule has 98 valence electrons. The minimum atomic E-state index is -0.431. The standard InChI is InChI=1S/C13H19N3O2/c1-3-6-11(13(18)14-9-17)16-12-8-5-7-10(4-2)15-12/h5,7-9,11H,3-4,6H2,1-2H3,(H,15,16)(H,14,17,18). The molecule has 0 saturated carbocycles. The summed E-state index contributed by atoms with van der Waals surface area (Å²) in [6, 6.07) is 5.22. The van der Waals surface area contributed by atoms with Crippen molar-refractivity contribution in [2.75, 3.05) is 5.32 Å². The van der Waals surface area contributed by atoms with E-state index in [0.29, 0.717) is 18.6 Å². The summed E-state index contributed by atoms with van der Waals surface area (Å²) >= 11 is 0. The quantitative estimate of drug-likeness (QED) is 0.718. The van der Waals surface area contributed by atoms with Crippen LogP contribution < -0.4 is 10.6 Å². The van der Waals surface area contributed by atoms with E-state index in [1.165, 1.54) is 0 Å². The fourth-order valence-electron chi connectivity index (χ4n) is 1.65. The number of imide groups is 1. The van der Waals surface area contributed by atoms with Crippen molar-refractivity contribution < 1.29 is 9.59 Å². The zero-order valence-corrected chi connectivity index (χ0v) is 10.8. The molecule has 1 atom stereocenters. The lowest BCUT2D eigenvalue weighted by molar-refractivity contribution is -0.125. The molecular formula is C13H19N3O2. The highest BCUT2D eigenvalue weighted by molar-refractivity contribution is 5.91. The first kappa shape index (κ1) is 14.2. The van der Waals surface area contributed by atoms with Crippen LogP contribution in [0.3, 0.4) is 0 Å². The highest BCUT2D eigenvalue weighted by Gasteiger charge is 2.17. The van der Waals surface area contributed by atoms with Gasteiger partial charge in [0, 0.05) is 5.69 Å². The molecule has 0 aliphatic carbocycles. The van der Waals surface area contributed by atoms with Crippen molar-refractivity contribution in [2.24, 2.45) is 0 Å². The molecule has 0 aromatic carbocycles. The summed E-state index contributed by atoms with van der Waals surface area (Å²) < 4.78 is 0. The van der Waals surface area contributed by atoms with E-state index in [9.17, 15) is 9.59 Å². The molecule has 0 aliphatic heterocycles. The molecule has 1 aromatic heterocycles. The van der Waals surface area contributed by atoms with E-state index in [2.05, 4.69) is 15.6 Å². The molecule has 0 aliphatic rings. The van der Waals surface area contributed by atoms with E-state index >= 15 is 0 Å². The molecule has 1 aromatic rings.